The number of hydrogen-bond acceptors (Lipinski definition) is 3. The Bertz CT molecular complexity index is 538. The SMILES string of the molecule is C=C1CN(C(C)c2ccccc2)[C@@H](C)C(C(=O)O)C1=O. The summed E-state index contributed by atoms with van der Waals surface area (Å²) in [6.07, 6.45) is 0. The first-order valence-electron chi connectivity index (χ1n) is 6.69. The molecule has 0 spiro atoms. The Labute approximate surface area is 118 Å². The molecule has 0 aromatic heterocycles. The molecule has 1 N–H and O–H groups in total. The minimum absolute atomic E-state index is 0.0397. The smallest absolute Gasteiger partial charge is 0.316 e. The van der Waals surface area contributed by atoms with Crippen LogP contribution in [0.4, 0.5) is 0 Å². The van der Waals surface area contributed by atoms with E-state index in [0.29, 0.717) is 12.1 Å². The van der Waals surface area contributed by atoms with Crippen LogP contribution in [0.1, 0.15) is 25.5 Å². The van der Waals surface area contributed by atoms with Gasteiger partial charge in [-0.25, -0.2) is 0 Å². The molecule has 0 aliphatic carbocycles. The van der Waals surface area contributed by atoms with Gasteiger partial charge in [-0.2, -0.15) is 0 Å². The van der Waals surface area contributed by atoms with E-state index in [9.17, 15) is 14.7 Å². The summed E-state index contributed by atoms with van der Waals surface area (Å²) in [6.45, 7) is 7.97. The van der Waals surface area contributed by atoms with Gasteiger partial charge in [0.2, 0.25) is 0 Å². The summed E-state index contributed by atoms with van der Waals surface area (Å²) in [4.78, 5) is 25.3. The molecule has 4 heteroatoms. The molecule has 1 aliphatic rings. The fourth-order valence-corrected chi connectivity index (χ4v) is 2.80. The van der Waals surface area contributed by atoms with Crippen molar-refractivity contribution in [1.29, 1.82) is 0 Å². The van der Waals surface area contributed by atoms with Crippen LogP contribution < -0.4 is 0 Å². The molecule has 1 aromatic carbocycles. The van der Waals surface area contributed by atoms with Crippen LogP contribution in [0, 0.1) is 5.92 Å². The monoisotopic (exact) mass is 273 g/mol. The lowest BCUT2D eigenvalue weighted by Gasteiger charge is -2.41. The third-order valence-electron chi connectivity index (χ3n) is 4.06. The Kier molecular flexibility index (Phi) is 4.04. The predicted molar refractivity (Wildman–Crippen MR) is 76.3 cm³/mol. The first kappa shape index (κ1) is 14.5. The molecule has 2 rings (SSSR count). The Balaban J connectivity index is 2.30. The third-order valence-corrected chi connectivity index (χ3v) is 4.06. The molecule has 1 fully saturated rings. The van der Waals surface area contributed by atoms with Gasteiger partial charge < -0.3 is 5.11 Å². The maximum atomic E-state index is 12.0. The summed E-state index contributed by atoms with van der Waals surface area (Å²) in [5, 5.41) is 9.28. The molecule has 3 atom stereocenters. The first-order chi connectivity index (χ1) is 9.43. The van der Waals surface area contributed by atoms with Crippen LogP contribution in [0.25, 0.3) is 0 Å². The number of Topliss-reactive ketones (excluding diaryl/α,β-unsaturated/α-hetero) is 1. The number of aliphatic carboxylic acids is 1. The van der Waals surface area contributed by atoms with Gasteiger partial charge in [-0.15, -0.1) is 0 Å². The van der Waals surface area contributed by atoms with Crippen molar-refractivity contribution in [1.82, 2.24) is 4.90 Å². The first-order valence-corrected chi connectivity index (χ1v) is 6.69. The molecule has 106 valence electrons. The lowest BCUT2D eigenvalue weighted by atomic mass is 9.85. The fraction of sp³-hybridized carbons (Fsp3) is 0.375. The molecular formula is C16H19NO3. The third kappa shape index (κ3) is 2.51. The zero-order valence-corrected chi connectivity index (χ0v) is 11.7. The normalized spacial score (nSPS) is 25.5. The number of rotatable bonds is 3. The van der Waals surface area contributed by atoms with Gasteiger partial charge in [-0.3, -0.25) is 14.5 Å². The van der Waals surface area contributed by atoms with E-state index >= 15 is 0 Å². The van der Waals surface area contributed by atoms with Gasteiger partial charge in [-0.05, 0) is 19.4 Å². The zero-order valence-electron chi connectivity index (χ0n) is 11.7. The molecule has 0 amide bonds. The van der Waals surface area contributed by atoms with Crippen molar-refractivity contribution in [3.05, 3.63) is 48.0 Å². The van der Waals surface area contributed by atoms with E-state index < -0.39 is 11.9 Å². The Hall–Kier alpha value is -1.94. The van der Waals surface area contributed by atoms with Crippen molar-refractivity contribution in [2.75, 3.05) is 6.54 Å². The molecule has 1 aromatic rings. The van der Waals surface area contributed by atoms with E-state index in [0.717, 1.165) is 5.56 Å². The van der Waals surface area contributed by atoms with Crippen molar-refractivity contribution in [3.63, 3.8) is 0 Å². The Morgan fingerprint density at radius 2 is 2.00 bits per heavy atom. The number of likely N-dealkylation sites (tertiary alicyclic amines) is 1. The topological polar surface area (TPSA) is 57.6 Å². The number of carbonyl (C=O) groups excluding carboxylic acids is 1. The maximum Gasteiger partial charge on any atom is 0.316 e. The van der Waals surface area contributed by atoms with Crippen LogP contribution in [0.15, 0.2) is 42.5 Å². The number of hydrogen-bond donors (Lipinski definition) is 1. The zero-order chi connectivity index (χ0) is 14.9. The van der Waals surface area contributed by atoms with Crippen LogP contribution >= 0.6 is 0 Å². The average molecular weight is 273 g/mol. The molecule has 4 nitrogen and oxygen atoms in total. The van der Waals surface area contributed by atoms with Gasteiger partial charge in [-0.1, -0.05) is 36.9 Å². The number of ketones is 1. The van der Waals surface area contributed by atoms with Crippen molar-refractivity contribution < 1.29 is 14.7 Å². The molecule has 0 radical (unpaired) electrons. The van der Waals surface area contributed by atoms with Gasteiger partial charge in [0.25, 0.3) is 0 Å². The van der Waals surface area contributed by atoms with E-state index in [2.05, 4.69) is 6.58 Å². The summed E-state index contributed by atoms with van der Waals surface area (Å²) in [5.41, 5.74) is 1.48. The van der Waals surface area contributed by atoms with E-state index in [-0.39, 0.29) is 17.9 Å². The Morgan fingerprint density at radius 1 is 1.40 bits per heavy atom. The summed E-state index contributed by atoms with van der Waals surface area (Å²) in [6, 6.07) is 9.56. The number of carboxylic acid groups (broad SMARTS) is 1. The van der Waals surface area contributed by atoms with Crippen molar-refractivity contribution in [3.8, 4) is 0 Å². The van der Waals surface area contributed by atoms with Gasteiger partial charge in [0.05, 0.1) is 0 Å². The fourth-order valence-electron chi connectivity index (χ4n) is 2.80. The molecule has 2 unspecified atom stereocenters. The van der Waals surface area contributed by atoms with Crippen molar-refractivity contribution >= 4 is 11.8 Å². The average Bonchev–Trinajstić information content (AvgIpc) is 2.43. The lowest BCUT2D eigenvalue weighted by molar-refractivity contribution is -0.150. The van der Waals surface area contributed by atoms with Gasteiger partial charge in [0, 0.05) is 24.2 Å². The van der Waals surface area contributed by atoms with E-state index in [1.165, 1.54) is 0 Å². The van der Waals surface area contributed by atoms with E-state index in [1.54, 1.807) is 6.92 Å². The highest BCUT2D eigenvalue weighted by molar-refractivity contribution is 6.09. The lowest BCUT2D eigenvalue weighted by Crippen LogP contribution is -2.52. The number of nitrogens with zero attached hydrogens (tertiary/aromatic N) is 1. The highest BCUT2D eigenvalue weighted by Gasteiger charge is 2.42. The number of benzene rings is 1. The highest BCUT2D eigenvalue weighted by atomic mass is 16.4. The summed E-state index contributed by atoms with van der Waals surface area (Å²) < 4.78 is 0. The van der Waals surface area contributed by atoms with Crippen LogP contribution in [0.2, 0.25) is 0 Å². The summed E-state index contributed by atoms with van der Waals surface area (Å²) in [5.74, 6) is -2.45. The van der Waals surface area contributed by atoms with E-state index in [4.69, 9.17) is 0 Å². The van der Waals surface area contributed by atoms with Crippen LogP contribution in [0.3, 0.4) is 0 Å². The quantitative estimate of drug-likeness (QED) is 0.678. The van der Waals surface area contributed by atoms with Crippen LogP contribution in [-0.4, -0.2) is 34.3 Å². The molecule has 1 heterocycles. The molecule has 0 bridgehead atoms. The molecule has 0 saturated carbocycles. The second kappa shape index (κ2) is 5.59. The molecule has 20 heavy (non-hydrogen) atoms. The highest BCUT2D eigenvalue weighted by Crippen LogP contribution is 2.31. The summed E-state index contributed by atoms with van der Waals surface area (Å²) in [7, 11) is 0. The number of carbonyl (C=O) groups is 2. The predicted octanol–water partition coefficient (Wildman–Crippen LogP) is 2.28. The number of piperidine rings is 1. The minimum Gasteiger partial charge on any atom is -0.481 e. The van der Waals surface area contributed by atoms with Gasteiger partial charge in [0.15, 0.2) is 5.78 Å². The Morgan fingerprint density at radius 3 is 2.55 bits per heavy atom. The van der Waals surface area contributed by atoms with Crippen molar-refractivity contribution in [2.24, 2.45) is 5.92 Å². The largest absolute Gasteiger partial charge is 0.481 e. The second-order valence-corrected chi connectivity index (χ2v) is 5.28. The molecular weight excluding hydrogens is 254 g/mol. The number of carboxylic acids is 1. The maximum absolute atomic E-state index is 12.0. The van der Waals surface area contributed by atoms with Gasteiger partial charge in [0.1, 0.15) is 5.92 Å². The molecule has 1 saturated heterocycles. The minimum atomic E-state index is -1.08. The standard InChI is InChI=1S/C16H19NO3/c1-10-9-17(11(2)13-7-5-4-6-8-13)12(3)14(15(10)18)16(19)20/h4-8,11-12,14H,1,9H2,2-3H3,(H,19,20)/t11?,12-,14?/m0/s1. The summed E-state index contributed by atoms with van der Waals surface area (Å²) >= 11 is 0. The van der Waals surface area contributed by atoms with Gasteiger partial charge >= 0.3 is 5.97 Å². The van der Waals surface area contributed by atoms with Crippen molar-refractivity contribution in [2.45, 2.75) is 25.9 Å². The van der Waals surface area contributed by atoms with Crippen LogP contribution in [-0.2, 0) is 9.59 Å². The molecule has 1 aliphatic heterocycles. The van der Waals surface area contributed by atoms with E-state index in [1.807, 2.05) is 42.2 Å². The van der Waals surface area contributed by atoms with Crippen LogP contribution in [0.5, 0.6) is 0 Å². The second-order valence-electron chi connectivity index (χ2n) is 5.28.